The van der Waals surface area contributed by atoms with Crippen LogP contribution in [0.4, 0.5) is 0 Å². The molecule has 0 amide bonds. The van der Waals surface area contributed by atoms with Crippen molar-refractivity contribution in [2.75, 3.05) is 7.11 Å². The van der Waals surface area contributed by atoms with Gasteiger partial charge in [-0.25, -0.2) is 0 Å². The number of rotatable bonds is 8. The van der Waals surface area contributed by atoms with E-state index in [0.717, 1.165) is 36.8 Å². The first kappa shape index (κ1) is 19.5. The number of carbonyl (C=O) groups excluding carboxylic acids is 1. The number of aryl methyl sites for hydroxylation is 1. The predicted molar refractivity (Wildman–Crippen MR) is 104 cm³/mol. The number of aromatic nitrogens is 1. The van der Waals surface area contributed by atoms with Gasteiger partial charge >= 0.3 is 0 Å². The van der Waals surface area contributed by atoms with Gasteiger partial charge in [-0.1, -0.05) is 31.4 Å². The Bertz CT molecular complexity index is 817. The molecule has 0 N–H and O–H groups in total. The van der Waals surface area contributed by atoms with Crippen LogP contribution in [-0.2, 0) is 6.42 Å². The number of fused-ring (bicyclic) bond motifs is 1. The Labute approximate surface area is 164 Å². The van der Waals surface area contributed by atoms with Gasteiger partial charge in [-0.15, -0.1) is 0 Å². The summed E-state index contributed by atoms with van der Waals surface area (Å²) in [6, 6.07) is 3.47. The van der Waals surface area contributed by atoms with Gasteiger partial charge in [0.2, 0.25) is 12.0 Å². The first-order valence-corrected chi connectivity index (χ1v) is 9.59. The number of ketones is 1. The number of unbranched alkanes of at least 4 members (excludes halogenated alkanes) is 2. The second-order valence-electron chi connectivity index (χ2n) is 6.65. The summed E-state index contributed by atoms with van der Waals surface area (Å²) in [6.07, 6.45) is 7.06. The summed E-state index contributed by atoms with van der Waals surface area (Å²) < 4.78 is 17.3. The minimum atomic E-state index is -0.388. The first-order chi connectivity index (χ1) is 13.0. The van der Waals surface area contributed by atoms with Gasteiger partial charge in [0.1, 0.15) is 0 Å². The zero-order valence-corrected chi connectivity index (χ0v) is 16.6. The van der Waals surface area contributed by atoms with Gasteiger partial charge in [0.15, 0.2) is 17.3 Å². The highest BCUT2D eigenvalue weighted by molar-refractivity contribution is 6.31. The van der Waals surface area contributed by atoms with E-state index in [1.165, 1.54) is 0 Å². The lowest BCUT2D eigenvalue weighted by molar-refractivity contribution is 0.0381. The van der Waals surface area contributed by atoms with Crippen LogP contribution in [0.2, 0.25) is 5.02 Å². The first-order valence-electron chi connectivity index (χ1n) is 9.21. The number of halogens is 1. The summed E-state index contributed by atoms with van der Waals surface area (Å²) in [7, 11) is 1.57. The predicted octanol–water partition coefficient (Wildman–Crippen LogP) is 5.16. The average Bonchev–Trinajstić information content (AvgIpc) is 3.08. The normalized spacial score (nSPS) is 15.0. The molecule has 0 fully saturated rings. The molecule has 1 aromatic carbocycles. The molecular weight excluding hydrogens is 366 g/mol. The van der Waals surface area contributed by atoms with Crippen LogP contribution >= 0.6 is 11.6 Å². The summed E-state index contributed by atoms with van der Waals surface area (Å²) in [5.41, 5.74) is 2.14. The van der Waals surface area contributed by atoms with Crippen molar-refractivity contribution in [3.8, 4) is 17.2 Å². The van der Waals surface area contributed by atoms with E-state index >= 15 is 0 Å². The number of hydrogen-bond donors (Lipinski definition) is 0. The molecule has 3 rings (SSSR count). The molecule has 2 aromatic rings. The van der Waals surface area contributed by atoms with E-state index in [2.05, 4.69) is 11.9 Å². The van der Waals surface area contributed by atoms with Gasteiger partial charge in [0, 0.05) is 25.2 Å². The molecule has 0 spiro atoms. The monoisotopic (exact) mass is 389 g/mol. The number of pyridine rings is 1. The lowest BCUT2D eigenvalue weighted by atomic mass is 9.99. The number of Topliss-reactive ketones (excluding diaryl/α,β-unsaturated/α-hetero) is 1. The summed E-state index contributed by atoms with van der Waals surface area (Å²) in [5, 5.41) is 0.489. The number of hydrogen-bond acceptors (Lipinski definition) is 5. The summed E-state index contributed by atoms with van der Waals surface area (Å²) >= 11 is 6.23. The molecule has 144 valence electrons. The molecule has 1 aliphatic rings. The third kappa shape index (κ3) is 4.19. The molecule has 0 bridgehead atoms. The zero-order chi connectivity index (χ0) is 19.4. The van der Waals surface area contributed by atoms with Gasteiger partial charge in [-0.3, -0.25) is 9.78 Å². The molecule has 27 heavy (non-hydrogen) atoms. The molecule has 0 saturated carbocycles. The van der Waals surface area contributed by atoms with Crippen molar-refractivity contribution in [1.82, 2.24) is 4.98 Å². The van der Waals surface area contributed by atoms with Gasteiger partial charge in [-0.05, 0) is 36.6 Å². The second kappa shape index (κ2) is 8.61. The maximum Gasteiger partial charge on any atom is 0.241 e. The fourth-order valence-corrected chi connectivity index (χ4v) is 3.43. The highest BCUT2D eigenvalue weighted by Gasteiger charge is 2.32. The van der Waals surface area contributed by atoms with E-state index in [9.17, 15) is 4.79 Å². The molecule has 6 heteroatoms. The van der Waals surface area contributed by atoms with E-state index in [4.69, 9.17) is 25.8 Å². The fourth-order valence-electron chi connectivity index (χ4n) is 3.16. The van der Waals surface area contributed by atoms with Crippen LogP contribution in [0.25, 0.3) is 0 Å². The van der Waals surface area contributed by atoms with E-state index in [-0.39, 0.29) is 18.5 Å². The molecule has 2 heterocycles. The highest BCUT2D eigenvalue weighted by Crippen LogP contribution is 2.46. The van der Waals surface area contributed by atoms with E-state index < -0.39 is 0 Å². The van der Waals surface area contributed by atoms with Crippen molar-refractivity contribution in [1.29, 1.82) is 0 Å². The third-order valence-corrected chi connectivity index (χ3v) is 5.02. The average molecular weight is 390 g/mol. The van der Waals surface area contributed by atoms with Gasteiger partial charge in [0.25, 0.3) is 0 Å². The third-order valence-electron chi connectivity index (χ3n) is 4.70. The molecule has 0 aliphatic carbocycles. The van der Waals surface area contributed by atoms with Crippen LogP contribution in [-0.4, -0.2) is 24.2 Å². The maximum absolute atomic E-state index is 13.0. The molecule has 1 atom stereocenters. The quantitative estimate of drug-likeness (QED) is 0.461. The molecule has 1 unspecified atom stereocenters. The van der Waals surface area contributed by atoms with Gasteiger partial charge in [-0.2, -0.15) is 0 Å². The fraction of sp³-hybridized carbons (Fsp3) is 0.429. The molecule has 5 nitrogen and oxygen atoms in total. The minimum absolute atomic E-state index is 0.0806. The lowest BCUT2D eigenvalue weighted by Gasteiger charge is -2.10. The standard InChI is InChI=1S/C21H24ClNO4/c1-4-5-6-7-19-26-20-14(8-9-18(25-3)21(20)27-19)17(24)10-15-13(2)11-23-12-16(15)22/h8-9,11-12,19H,4-7,10H2,1-3H3. The largest absolute Gasteiger partial charge is 0.493 e. The maximum atomic E-state index is 13.0. The minimum Gasteiger partial charge on any atom is -0.493 e. The summed E-state index contributed by atoms with van der Waals surface area (Å²) in [5.74, 6) is 1.45. The Morgan fingerprint density at radius 3 is 2.70 bits per heavy atom. The van der Waals surface area contributed by atoms with E-state index in [0.29, 0.717) is 27.8 Å². The van der Waals surface area contributed by atoms with E-state index in [1.54, 1.807) is 31.6 Å². The van der Waals surface area contributed by atoms with Crippen LogP contribution in [0.1, 0.15) is 54.1 Å². The van der Waals surface area contributed by atoms with Crippen molar-refractivity contribution in [2.24, 2.45) is 0 Å². The van der Waals surface area contributed by atoms with Gasteiger partial charge in [0.05, 0.1) is 17.7 Å². The molecule has 1 aromatic heterocycles. The molecule has 0 saturated heterocycles. The smallest absolute Gasteiger partial charge is 0.241 e. The van der Waals surface area contributed by atoms with Crippen molar-refractivity contribution in [2.45, 2.75) is 52.2 Å². The number of methoxy groups -OCH3 is 1. The SMILES string of the molecule is CCCCCC1Oc2c(OC)ccc(C(=O)Cc3c(C)cncc3Cl)c2O1. The summed E-state index contributed by atoms with van der Waals surface area (Å²) in [6.45, 7) is 4.04. The van der Waals surface area contributed by atoms with Crippen LogP contribution in [0, 0.1) is 6.92 Å². The second-order valence-corrected chi connectivity index (χ2v) is 7.06. The Hall–Kier alpha value is -2.27. The Morgan fingerprint density at radius 1 is 1.22 bits per heavy atom. The number of ether oxygens (including phenoxy) is 3. The lowest BCUT2D eigenvalue weighted by Crippen LogP contribution is -2.18. The van der Waals surface area contributed by atoms with Crippen LogP contribution in [0.3, 0.4) is 0 Å². The van der Waals surface area contributed by atoms with Gasteiger partial charge < -0.3 is 14.2 Å². The van der Waals surface area contributed by atoms with Crippen molar-refractivity contribution in [3.05, 3.63) is 46.2 Å². The zero-order valence-electron chi connectivity index (χ0n) is 15.9. The molecule has 1 aliphatic heterocycles. The molecule has 0 radical (unpaired) electrons. The van der Waals surface area contributed by atoms with Crippen LogP contribution in [0.15, 0.2) is 24.5 Å². The number of nitrogens with zero attached hydrogens (tertiary/aromatic N) is 1. The van der Waals surface area contributed by atoms with Crippen molar-refractivity contribution in [3.63, 3.8) is 0 Å². The molecular formula is C21H24ClNO4. The topological polar surface area (TPSA) is 57.7 Å². The Balaban J connectivity index is 1.85. The highest BCUT2D eigenvalue weighted by atomic mass is 35.5. The summed E-state index contributed by atoms with van der Waals surface area (Å²) in [4.78, 5) is 17.0. The number of carbonyl (C=O) groups is 1. The van der Waals surface area contributed by atoms with Crippen LogP contribution in [0.5, 0.6) is 17.2 Å². The number of benzene rings is 1. The Kier molecular flexibility index (Phi) is 6.22. The van der Waals surface area contributed by atoms with Crippen molar-refractivity contribution >= 4 is 17.4 Å². The Morgan fingerprint density at radius 2 is 2.00 bits per heavy atom. The van der Waals surface area contributed by atoms with Crippen molar-refractivity contribution < 1.29 is 19.0 Å². The van der Waals surface area contributed by atoms with Crippen LogP contribution < -0.4 is 14.2 Å². The van der Waals surface area contributed by atoms with E-state index in [1.807, 2.05) is 6.92 Å².